The van der Waals surface area contributed by atoms with E-state index in [4.69, 9.17) is 5.73 Å². The Morgan fingerprint density at radius 3 is 2.24 bits per heavy atom. The highest BCUT2D eigenvalue weighted by molar-refractivity contribution is 5.87. The molecule has 2 unspecified atom stereocenters. The highest BCUT2D eigenvalue weighted by atomic mass is 16.2. The summed E-state index contributed by atoms with van der Waals surface area (Å²) >= 11 is 0. The van der Waals surface area contributed by atoms with Gasteiger partial charge in [0.25, 0.3) is 0 Å². The van der Waals surface area contributed by atoms with Gasteiger partial charge in [0.1, 0.15) is 0 Å². The van der Waals surface area contributed by atoms with Crippen molar-refractivity contribution < 1.29 is 4.79 Å². The Balaban J connectivity index is 2.43. The van der Waals surface area contributed by atoms with Gasteiger partial charge in [-0.15, -0.1) is 0 Å². The van der Waals surface area contributed by atoms with Crippen LogP contribution >= 0.6 is 0 Å². The molecule has 1 aromatic carbocycles. The molecule has 0 heterocycles. The zero-order valence-corrected chi connectivity index (χ0v) is 13.6. The predicted molar refractivity (Wildman–Crippen MR) is 89.3 cm³/mol. The first-order valence-corrected chi connectivity index (χ1v) is 7.81. The Hall–Kier alpha value is -1.55. The number of benzene rings is 1. The number of hydrogen-bond acceptors (Lipinski definition) is 2. The zero-order valence-electron chi connectivity index (χ0n) is 13.6. The smallest absolute Gasteiger partial charge is 0.316 e. The van der Waals surface area contributed by atoms with Crippen LogP contribution in [0.2, 0.25) is 0 Å². The third kappa shape index (κ3) is 7.14. The van der Waals surface area contributed by atoms with Crippen molar-refractivity contribution >= 4 is 11.7 Å². The van der Waals surface area contributed by atoms with Crippen molar-refractivity contribution in [1.29, 1.82) is 0 Å². The number of nitrogens with one attached hydrogen (secondary N) is 2. The normalized spacial score (nSPS) is 14.0. The lowest BCUT2D eigenvalue weighted by Gasteiger charge is -2.21. The van der Waals surface area contributed by atoms with E-state index in [0.717, 1.165) is 11.6 Å². The number of urea groups is 1. The van der Waals surface area contributed by atoms with Gasteiger partial charge in [0.15, 0.2) is 0 Å². The fourth-order valence-corrected chi connectivity index (χ4v) is 2.44. The fraction of sp³-hybridized carbons (Fsp3) is 0.588. The van der Waals surface area contributed by atoms with Crippen LogP contribution < -0.4 is 16.4 Å². The number of primary amides is 1. The summed E-state index contributed by atoms with van der Waals surface area (Å²) in [6.45, 7) is 8.93. The van der Waals surface area contributed by atoms with Crippen molar-refractivity contribution in [2.45, 2.75) is 59.0 Å². The first kappa shape index (κ1) is 17.5. The number of anilines is 1. The molecule has 0 bridgehead atoms. The molecular weight excluding hydrogens is 262 g/mol. The maximum atomic E-state index is 10.8. The van der Waals surface area contributed by atoms with Crippen molar-refractivity contribution in [2.75, 3.05) is 5.32 Å². The van der Waals surface area contributed by atoms with E-state index in [9.17, 15) is 4.79 Å². The van der Waals surface area contributed by atoms with Gasteiger partial charge < -0.3 is 16.4 Å². The van der Waals surface area contributed by atoms with Gasteiger partial charge >= 0.3 is 6.03 Å². The second-order valence-corrected chi connectivity index (χ2v) is 6.23. The first-order valence-electron chi connectivity index (χ1n) is 7.81. The van der Waals surface area contributed by atoms with E-state index >= 15 is 0 Å². The maximum absolute atomic E-state index is 10.8. The number of nitrogens with two attached hydrogens (primary N) is 1. The topological polar surface area (TPSA) is 67.2 Å². The summed E-state index contributed by atoms with van der Waals surface area (Å²) < 4.78 is 0. The average Bonchev–Trinajstić information content (AvgIpc) is 2.38. The van der Waals surface area contributed by atoms with E-state index in [0.29, 0.717) is 12.1 Å². The lowest BCUT2D eigenvalue weighted by molar-refractivity contribution is 0.259. The molecule has 118 valence electrons. The molecule has 0 aliphatic carbocycles. The van der Waals surface area contributed by atoms with Crippen molar-refractivity contribution in [3.8, 4) is 0 Å². The summed E-state index contributed by atoms with van der Waals surface area (Å²) in [5, 5.41) is 6.19. The zero-order chi connectivity index (χ0) is 15.8. The van der Waals surface area contributed by atoms with Gasteiger partial charge in [0.05, 0.1) is 0 Å². The highest BCUT2D eigenvalue weighted by Crippen LogP contribution is 2.17. The Morgan fingerprint density at radius 2 is 1.71 bits per heavy atom. The summed E-state index contributed by atoms with van der Waals surface area (Å²) in [5.74, 6) is 0.778. The molecule has 0 aliphatic rings. The van der Waals surface area contributed by atoms with Gasteiger partial charge in [-0.25, -0.2) is 4.79 Å². The predicted octanol–water partition coefficient (Wildman–Crippen LogP) is 4.04. The highest BCUT2D eigenvalue weighted by Gasteiger charge is 2.09. The van der Waals surface area contributed by atoms with Crippen LogP contribution in [0.15, 0.2) is 24.3 Å². The Kier molecular flexibility index (Phi) is 7.23. The second kappa shape index (κ2) is 8.67. The molecule has 2 atom stereocenters. The molecule has 1 rings (SSSR count). The quantitative estimate of drug-likeness (QED) is 0.676. The molecule has 4 heteroatoms. The van der Waals surface area contributed by atoms with Crippen molar-refractivity contribution in [3.05, 3.63) is 29.8 Å². The lowest BCUT2D eigenvalue weighted by atomic mass is 10.0. The molecule has 4 nitrogen and oxygen atoms in total. The van der Waals surface area contributed by atoms with Crippen LogP contribution in [0.5, 0.6) is 0 Å². The fourth-order valence-electron chi connectivity index (χ4n) is 2.44. The minimum atomic E-state index is -0.535. The van der Waals surface area contributed by atoms with Gasteiger partial charge in [0.2, 0.25) is 0 Å². The molecule has 21 heavy (non-hydrogen) atoms. The molecule has 0 saturated heterocycles. The summed E-state index contributed by atoms with van der Waals surface area (Å²) in [6, 6.07) is 8.05. The van der Waals surface area contributed by atoms with Crippen molar-refractivity contribution in [1.82, 2.24) is 5.32 Å². The molecular formula is C17H29N3O. The number of amides is 2. The monoisotopic (exact) mass is 291 g/mol. The summed E-state index contributed by atoms with van der Waals surface area (Å²) in [5.41, 5.74) is 7.03. The molecule has 1 aromatic rings. The van der Waals surface area contributed by atoms with Crippen LogP contribution in [-0.2, 0) is 0 Å². The van der Waals surface area contributed by atoms with Crippen LogP contribution in [0, 0.1) is 5.92 Å². The van der Waals surface area contributed by atoms with Crippen LogP contribution in [0.4, 0.5) is 10.5 Å². The molecule has 0 aliphatic heterocycles. The van der Waals surface area contributed by atoms with Gasteiger partial charge in [-0.05, 0) is 43.9 Å². The largest absolute Gasteiger partial charge is 0.351 e. The SMILES string of the molecule is CC(C)CCCC(C)NC(C)c1ccc(NC(N)=O)cc1. The van der Waals surface area contributed by atoms with Crippen LogP contribution in [-0.4, -0.2) is 12.1 Å². The second-order valence-electron chi connectivity index (χ2n) is 6.23. The Morgan fingerprint density at radius 1 is 1.10 bits per heavy atom. The van der Waals surface area contributed by atoms with E-state index in [1.807, 2.05) is 24.3 Å². The number of rotatable bonds is 8. The summed E-state index contributed by atoms with van der Waals surface area (Å²) in [6.07, 6.45) is 3.75. The molecule has 2 amide bonds. The van der Waals surface area contributed by atoms with Crippen LogP contribution in [0.25, 0.3) is 0 Å². The van der Waals surface area contributed by atoms with Crippen LogP contribution in [0.3, 0.4) is 0 Å². The lowest BCUT2D eigenvalue weighted by Crippen LogP contribution is -2.29. The van der Waals surface area contributed by atoms with E-state index in [1.54, 1.807) is 0 Å². The summed E-state index contributed by atoms with van der Waals surface area (Å²) in [7, 11) is 0. The van der Waals surface area contributed by atoms with E-state index in [-0.39, 0.29) is 0 Å². The Bertz CT molecular complexity index is 428. The molecule has 0 fully saturated rings. The van der Waals surface area contributed by atoms with E-state index < -0.39 is 6.03 Å². The number of carbonyl (C=O) groups excluding carboxylic acids is 1. The first-order chi connectivity index (χ1) is 9.88. The molecule has 0 spiro atoms. The van der Waals surface area contributed by atoms with Crippen molar-refractivity contribution in [3.63, 3.8) is 0 Å². The van der Waals surface area contributed by atoms with Crippen molar-refractivity contribution in [2.24, 2.45) is 11.7 Å². The van der Waals surface area contributed by atoms with E-state index in [2.05, 4.69) is 38.3 Å². The van der Waals surface area contributed by atoms with Crippen LogP contribution in [0.1, 0.15) is 58.6 Å². The molecule has 0 saturated carbocycles. The maximum Gasteiger partial charge on any atom is 0.316 e. The third-order valence-corrected chi connectivity index (χ3v) is 3.63. The van der Waals surface area contributed by atoms with Gasteiger partial charge in [-0.1, -0.05) is 38.8 Å². The van der Waals surface area contributed by atoms with E-state index in [1.165, 1.54) is 24.8 Å². The van der Waals surface area contributed by atoms with Gasteiger partial charge in [-0.3, -0.25) is 0 Å². The number of carbonyl (C=O) groups is 1. The minimum absolute atomic E-state index is 0.293. The Labute approximate surface area is 128 Å². The van der Waals surface area contributed by atoms with Gasteiger partial charge in [-0.2, -0.15) is 0 Å². The van der Waals surface area contributed by atoms with Gasteiger partial charge in [0, 0.05) is 17.8 Å². The third-order valence-electron chi connectivity index (χ3n) is 3.63. The summed E-state index contributed by atoms with van der Waals surface area (Å²) in [4.78, 5) is 10.8. The minimum Gasteiger partial charge on any atom is -0.351 e. The standard InChI is InChI=1S/C17H29N3O/c1-12(2)6-5-7-13(3)19-14(4)15-8-10-16(11-9-15)20-17(18)21/h8-14,19H,5-7H2,1-4H3,(H3,18,20,21). The average molecular weight is 291 g/mol. The molecule has 0 radical (unpaired) electrons. The molecule has 4 N–H and O–H groups in total. The molecule has 0 aromatic heterocycles. The number of hydrogen-bond donors (Lipinski definition) is 3.